The predicted octanol–water partition coefficient (Wildman–Crippen LogP) is 6.43. The lowest BCUT2D eigenvalue weighted by Gasteiger charge is -2.12. The second-order valence-corrected chi connectivity index (χ2v) is 8.13. The molecule has 0 aliphatic heterocycles. The van der Waals surface area contributed by atoms with Crippen LogP contribution in [0.5, 0.6) is 0 Å². The first-order valence-corrected chi connectivity index (χ1v) is 11.2. The SMILES string of the molecule is CCCCc1nc2cc(NC(=O)Nc3ccccc3Cl)c(C)nc2n1Cc1ccccc1. The molecule has 2 heterocycles. The topological polar surface area (TPSA) is 71.8 Å². The van der Waals surface area contributed by atoms with Crippen LogP contribution in [0.2, 0.25) is 5.02 Å². The number of carbonyl (C=O) groups excluding carboxylic acids is 1. The van der Waals surface area contributed by atoms with Crippen molar-refractivity contribution in [2.24, 2.45) is 0 Å². The number of hydrogen-bond acceptors (Lipinski definition) is 3. The molecule has 0 spiro atoms. The van der Waals surface area contributed by atoms with Gasteiger partial charge in [0, 0.05) is 6.42 Å². The Morgan fingerprint density at radius 3 is 2.47 bits per heavy atom. The molecule has 6 nitrogen and oxygen atoms in total. The fourth-order valence-electron chi connectivity index (χ4n) is 3.61. The number of para-hydroxylation sites is 1. The summed E-state index contributed by atoms with van der Waals surface area (Å²) in [5.41, 5.74) is 4.69. The number of urea groups is 1. The van der Waals surface area contributed by atoms with Crippen LogP contribution < -0.4 is 10.6 Å². The van der Waals surface area contributed by atoms with E-state index in [2.05, 4.69) is 34.3 Å². The van der Waals surface area contributed by atoms with Gasteiger partial charge < -0.3 is 15.2 Å². The summed E-state index contributed by atoms with van der Waals surface area (Å²) in [6.07, 6.45) is 3.03. The fourth-order valence-corrected chi connectivity index (χ4v) is 3.79. The van der Waals surface area contributed by atoms with Gasteiger partial charge >= 0.3 is 6.03 Å². The summed E-state index contributed by atoms with van der Waals surface area (Å²) < 4.78 is 2.18. The Hall–Kier alpha value is -3.38. The molecule has 0 saturated heterocycles. The number of aryl methyl sites for hydroxylation is 2. The van der Waals surface area contributed by atoms with E-state index >= 15 is 0 Å². The van der Waals surface area contributed by atoms with Crippen LogP contribution in [0.3, 0.4) is 0 Å². The molecule has 0 unspecified atom stereocenters. The van der Waals surface area contributed by atoms with Crippen LogP contribution in [0.15, 0.2) is 60.7 Å². The van der Waals surface area contributed by atoms with E-state index in [1.54, 1.807) is 12.1 Å². The van der Waals surface area contributed by atoms with E-state index in [4.69, 9.17) is 21.6 Å². The maximum atomic E-state index is 12.5. The molecule has 2 amide bonds. The van der Waals surface area contributed by atoms with E-state index in [0.717, 1.165) is 41.9 Å². The van der Waals surface area contributed by atoms with Gasteiger partial charge in [0.05, 0.1) is 28.6 Å². The lowest BCUT2D eigenvalue weighted by atomic mass is 10.2. The van der Waals surface area contributed by atoms with Crippen molar-refractivity contribution in [3.8, 4) is 0 Å². The molecule has 0 fully saturated rings. The molecule has 7 heteroatoms. The average Bonchev–Trinajstić information content (AvgIpc) is 3.11. The Morgan fingerprint density at radius 2 is 1.72 bits per heavy atom. The van der Waals surface area contributed by atoms with Gasteiger partial charge in [0.1, 0.15) is 11.3 Å². The first-order chi connectivity index (χ1) is 15.5. The third kappa shape index (κ3) is 4.92. The summed E-state index contributed by atoms with van der Waals surface area (Å²) in [6.45, 7) is 4.77. The maximum absolute atomic E-state index is 12.5. The number of rotatable bonds is 7. The van der Waals surface area contributed by atoms with Gasteiger partial charge in [-0.15, -0.1) is 0 Å². The van der Waals surface area contributed by atoms with E-state index in [0.29, 0.717) is 22.9 Å². The number of anilines is 2. The predicted molar refractivity (Wildman–Crippen MR) is 131 cm³/mol. The summed E-state index contributed by atoms with van der Waals surface area (Å²) in [5.74, 6) is 1.01. The molecule has 0 bridgehead atoms. The molecule has 0 atom stereocenters. The van der Waals surface area contributed by atoms with Crippen molar-refractivity contribution in [2.45, 2.75) is 39.7 Å². The Labute approximate surface area is 192 Å². The first-order valence-electron chi connectivity index (χ1n) is 10.8. The van der Waals surface area contributed by atoms with Crippen molar-refractivity contribution < 1.29 is 4.79 Å². The molecule has 164 valence electrons. The highest BCUT2D eigenvalue weighted by atomic mass is 35.5. The van der Waals surface area contributed by atoms with Crippen molar-refractivity contribution in [1.29, 1.82) is 0 Å². The largest absolute Gasteiger partial charge is 0.323 e. The Bertz CT molecular complexity index is 1240. The summed E-state index contributed by atoms with van der Waals surface area (Å²) >= 11 is 6.14. The smallest absolute Gasteiger partial charge is 0.308 e. The molecule has 0 aliphatic rings. The van der Waals surface area contributed by atoms with Crippen molar-refractivity contribution in [3.63, 3.8) is 0 Å². The minimum atomic E-state index is -0.378. The van der Waals surface area contributed by atoms with Crippen molar-refractivity contribution in [1.82, 2.24) is 14.5 Å². The molecule has 2 N–H and O–H groups in total. The third-order valence-corrected chi connectivity index (χ3v) is 5.63. The number of unbranched alkanes of at least 4 members (excludes halogenated alkanes) is 1. The van der Waals surface area contributed by atoms with Crippen molar-refractivity contribution in [2.75, 3.05) is 10.6 Å². The number of imidazole rings is 1. The molecule has 32 heavy (non-hydrogen) atoms. The van der Waals surface area contributed by atoms with Gasteiger partial charge in [0.15, 0.2) is 5.65 Å². The monoisotopic (exact) mass is 447 g/mol. The van der Waals surface area contributed by atoms with E-state index in [-0.39, 0.29) is 6.03 Å². The minimum absolute atomic E-state index is 0.378. The van der Waals surface area contributed by atoms with E-state index < -0.39 is 0 Å². The summed E-state index contributed by atoms with van der Waals surface area (Å²) in [6, 6.07) is 18.9. The number of carbonyl (C=O) groups is 1. The molecule has 4 rings (SSSR count). The molecule has 0 radical (unpaired) electrons. The van der Waals surface area contributed by atoms with Crippen LogP contribution in [-0.4, -0.2) is 20.6 Å². The lowest BCUT2D eigenvalue weighted by molar-refractivity contribution is 0.262. The van der Waals surface area contributed by atoms with Gasteiger partial charge in [-0.25, -0.2) is 14.8 Å². The third-order valence-electron chi connectivity index (χ3n) is 5.30. The van der Waals surface area contributed by atoms with Gasteiger partial charge in [-0.1, -0.05) is 67.4 Å². The molecule has 2 aromatic heterocycles. The van der Waals surface area contributed by atoms with Crippen LogP contribution in [-0.2, 0) is 13.0 Å². The minimum Gasteiger partial charge on any atom is -0.308 e. The summed E-state index contributed by atoms with van der Waals surface area (Å²) in [5, 5.41) is 6.13. The Kier molecular flexibility index (Phi) is 6.71. The number of aromatic nitrogens is 3. The highest BCUT2D eigenvalue weighted by Gasteiger charge is 2.16. The van der Waals surface area contributed by atoms with Crippen molar-refractivity contribution >= 4 is 40.2 Å². The van der Waals surface area contributed by atoms with Crippen LogP contribution in [0.1, 0.15) is 36.8 Å². The molecule has 2 aromatic carbocycles. The number of nitrogens with one attached hydrogen (secondary N) is 2. The molecule has 0 saturated carbocycles. The van der Waals surface area contributed by atoms with Gasteiger partial charge in [0.25, 0.3) is 0 Å². The second kappa shape index (κ2) is 9.83. The van der Waals surface area contributed by atoms with E-state index in [9.17, 15) is 4.79 Å². The number of fused-ring (bicyclic) bond motifs is 1. The zero-order valence-corrected chi connectivity index (χ0v) is 19.0. The number of benzene rings is 2. The number of pyridine rings is 1. The summed E-state index contributed by atoms with van der Waals surface area (Å²) in [7, 11) is 0. The number of hydrogen-bond donors (Lipinski definition) is 2. The zero-order chi connectivity index (χ0) is 22.5. The zero-order valence-electron chi connectivity index (χ0n) is 18.2. The molecular formula is C25H26ClN5O. The molecular weight excluding hydrogens is 422 g/mol. The van der Waals surface area contributed by atoms with Crippen molar-refractivity contribution in [3.05, 3.63) is 82.8 Å². The fraction of sp³-hybridized carbons (Fsp3) is 0.240. The number of amides is 2. The first kappa shape index (κ1) is 21.8. The van der Waals surface area contributed by atoms with Crippen LogP contribution >= 0.6 is 11.6 Å². The van der Waals surface area contributed by atoms with E-state index in [1.165, 1.54) is 5.56 Å². The van der Waals surface area contributed by atoms with Gasteiger partial charge in [-0.05, 0) is 37.1 Å². The molecule has 0 aliphatic carbocycles. The van der Waals surface area contributed by atoms with Gasteiger partial charge in [-0.3, -0.25) is 0 Å². The maximum Gasteiger partial charge on any atom is 0.323 e. The van der Waals surface area contributed by atoms with Gasteiger partial charge in [0.2, 0.25) is 0 Å². The average molecular weight is 448 g/mol. The standard InChI is InChI=1S/C25H26ClN5O/c1-3-4-14-23-28-22-15-21(30-25(32)29-20-13-9-8-12-19(20)26)17(2)27-24(22)31(23)16-18-10-6-5-7-11-18/h5-13,15H,3-4,14,16H2,1-2H3,(H2,29,30,32). The lowest BCUT2D eigenvalue weighted by Crippen LogP contribution is -2.20. The highest BCUT2D eigenvalue weighted by molar-refractivity contribution is 6.33. The molecule has 4 aromatic rings. The highest BCUT2D eigenvalue weighted by Crippen LogP contribution is 2.25. The van der Waals surface area contributed by atoms with Crippen LogP contribution in [0, 0.1) is 6.92 Å². The summed E-state index contributed by atoms with van der Waals surface area (Å²) in [4.78, 5) is 22.2. The Balaban J connectivity index is 1.63. The Morgan fingerprint density at radius 1 is 1.00 bits per heavy atom. The number of halogens is 1. The second-order valence-electron chi connectivity index (χ2n) is 7.73. The van der Waals surface area contributed by atoms with Crippen LogP contribution in [0.4, 0.5) is 16.2 Å². The normalized spacial score (nSPS) is 11.0. The van der Waals surface area contributed by atoms with E-state index in [1.807, 2.05) is 43.3 Å². The number of nitrogens with zero attached hydrogens (tertiary/aromatic N) is 3. The van der Waals surface area contributed by atoms with Gasteiger partial charge in [-0.2, -0.15) is 0 Å². The quantitative estimate of drug-likeness (QED) is 0.343. The van der Waals surface area contributed by atoms with Crippen LogP contribution in [0.25, 0.3) is 11.2 Å².